The molecule has 0 aliphatic heterocycles. The van der Waals surface area contributed by atoms with E-state index < -0.39 is 5.24 Å². The summed E-state index contributed by atoms with van der Waals surface area (Å²) < 4.78 is 7.07. The van der Waals surface area contributed by atoms with Gasteiger partial charge in [0.1, 0.15) is 5.75 Å². The maximum Gasteiger partial charge on any atom is 0.259 e. The van der Waals surface area contributed by atoms with Crippen LogP contribution in [0.25, 0.3) is 20.2 Å². The fraction of sp³-hybridized carbons (Fsp3) is 0.0667. The second-order valence-electron chi connectivity index (χ2n) is 4.23. The zero-order valence-corrected chi connectivity index (χ0v) is 11.8. The zero-order chi connectivity index (χ0) is 14.1. The summed E-state index contributed by atoms with van der Waals surface area (Å²) in [6, 6.07) is 12.7. The summed E-state index contributed by atoms with van der Waals surface area (Å²) in [7, 11) is 0. The van der Waals surface area contributed by atoms with Crippen molar-refractivity contribution in [3.63, 3.8) is 0 Å². The van der Waals surface area contributed by atoms with Gasteiger partial charge in [0.25, 0.3) is 5.24 Å². The summed E-state index contributed by atoms with van der Waals surface area (Å²) >= 11 is 6.78. The van der Waals surface area contributed by atoms with E-state index in [1.165, 1.54) is 0 Å². The molecule has 0 bridgehead atoms. The van der Waals surface area contributed by atoms with Crippen molar-refractivity contribution in [1.29, 1.82) is 0 Å². The van der Waals surface area contributed by atoms with E-state index in [0.29, 0.717) is 16.5 Å². The van der Waals surface area contributed by atoms with Gasteiger partial charge in [-0.15, -0.1) is 11.3 Å². The molecule has 0 aliphatic carbocycles. The second kappa shape index (κ2) is 5.23. The highest BCUT2D eigenvalue weighted by Crippen LogP contribution is 2.27. The molecule has 0 aliphatic rings. The fourth-order valence-electron chi connectivity index (χ4n) is 2.01. The van der Waals surface area contributed by atoms with Gasteiger partial charge in [-0.3, -0.25) is 9.59 Å². The average Bonchev–Trinajstić information content (AvgIpc) is 2.46. The van der Waals surface area contributed by atoms with Crippen molar-refractivity contribution in [2.75, 3.05) is 6.61 Å². The number of hydrogen-bond donors (Lipinski definition) is 0. The van der Waals surface area contributed by atoms with Crippen LogP contribution in [-0.4, -0.2) is 11.8 Å². The first-order valence-corrected chi connectivity index (χ1v) is 7.11. The van der Waals surface area contributed by atoms with Crippen LogP contribution < -0.4 is 10.2 Å². The zero-order valence-electron chi connectivity index (χ0n) is 10.3. The van der Waals surface area contributed by atoms with Crippen LogP contribution >= 0.6 is 22.9 Å². The lowest BCUT2D eigenvalue weighted by Gasteiger charge is -2.05. The lowest BCUT2D eigenvalue weighted by atomic mass is 10.2. The number of fused-ring (bicyclic) bond motifs is 2. The molecule has 0 fully saturated rings. The first-order chi connectivity index (χ1) is 9.65. The summed E-state index contributed by atoms with van der Waals surface area (Å²) in [5.41, 5.74) is -0.0306. The van der Waals surface area contributed by atoms with E-state index in [2.05, 4.69) is 0 Å². The summed E-state index contributed by atoms with van der Waals surface area (Å²) in [4.78, 5) is 23.1. The molecule has 0 spiro atoms. The molecule has 3 nitrogen and oxygen atoms in total. The Morgan fingerprint density at radius 1 is 1.10 bits per heavy atom. The minimum atomic E-state index is -0.575. The summed E-state index contributed by atoms with van der Waals surface area (Å²) in [6.45, 7) is -0.210. The molecule has 1 aromatic heterocycles. The van der Waals surface area contributed by atoms with Gasteiger partial charge in [-0.25, -0.2) is 0 Å². The molecule has 3 aromatic rings. The third-order valence-electron chi connectivity index (χ3n) is 2.90. The molecular formula is C15H9ClO3S. The molecule has 2 aromatic carbocycles. The van der Waals surface area contributed by atoms with Gasteiger partial charge in [-0.05, 0) is 41.9 Å². The van der Waals surface area contributed by atoms with E-state index in [0.717, 1.165) is 9.40 Å². The summed E-state index contributed by atoms with van der Waals surface area (Å²) in [5.74, 6) is 0.464. The van der Waals surface area contributed by atoms with Gasteiger partial charge in [-0.2, -0.15) is 0 Å². The number of ether oxygens (including phenoxy) is 1. The Bertz CT molecular complexity index is 870. The van der Waals surface area contributed by atoms with E-state index in [-0.39, 0.29) is 12.0 Å². The number of rotatable bonds is 3. The van der Waals surface area contributed by atoms with E-state index >= 15 is 0 Å². The van der Waals surface area contributed by atoms with Crippen molar-refractivity contribution in [2.45, 2.75) is 0 Å². The lowest BCUT2D eigenvalue weighted by Crippen LogP contribution is -2.05. The highest BCUT2D eigenvalue weighted by Gasteiger charge is 2.07. The quantitative estimate of drug-likeness (QED) is 0.549. The SMILES string of the molecule is O=C(Cl)COc1ccc2sc3ccccc3c(=O)c2c1. The molecule has 1 heterocycles. The van der Waals surface area contributed by atoms with Crippen molar-refractivity contribution in [2.24, 2.45) is 0 Å². The molecule has 0 amide bonds. The van der Waals surface area contributed by atoms with Gasteiger partial charge in [0.15, 0.2) is 12.0 Å². The molecule has 0 saturated carbocycles. The number of carbonyl (C=O) groups excluding carboxylic acids is 1. The Hall–Kier alpha value is -1.91. The standard InChI is InChI=1S/C15H9ClO3S/c16-14(17)8-19-9-5-6-13-11(7-9)15(18)10-3-1-2-4-12(10)20-13/h1-7H,8H2. The van der Waals surface area contributed by atoms with Gasteiger partial charge in [-0.1, -0.05) is 12.1 Å². The van der Waals surface area contributed by atoms with E-state index in [1.54, 1.807) is 23.5 Å². The van der Waals surface area contributed by atoms with Gasteiger partial charge in [0, 0.05) is 20.2 Å². The van der Waals surface area contributed by atoms with Crippen molar-refractivity contribution in [3.8, 4) is 5.75 Å². The van der Waals surface area contributed by atoms with Gasteiger partial charge in [0.05, 0.1) is 0 Å². The van der Waals surface area contributed by atoms with Crippen LogP contribution in [-0.2, 0) is 4.79 Å². The number of halogens is 1. The Balaban J connectivity index is 2.18. The average molecular weight is 305 g/mol. The third-order valence-corrected chi connectivity index (χ3v) is 4.16. The normalized spacial score (nSPS) is 10.8. The molecule has 0 saturated heterocycles. The van der Waals surface area contributed by atoms with Crippen LogP contribution in [0.15, 0.2) is 47.3 Å². The lowest BCUT2D eigenvalue weighted by molar-refractivity contribution is -0.113. The predicted molar refractivity (Wildman–Crippen MR) is 82.0 cm³/mol. The van der Waals surface area contributed by atoms with Crippen LogP contribution in [0, 0.1) is 0 Å². The minimum Gasteiger partial charge on any atom is -0.484 e. The van der Waals surface area contributed by atoms with Crippen LogP contribution in [0.4, 0.5) is 0 Å². The largest absolute Gasteiger partial charge is 0.484 e. The Labute approximate surface area is 123 Å². The Kier molecular flexibility index (Phi) is 3.42. The van der Waals surface area contributed by atoms with Crippen molar-refractivity contribution in [3.05, 3.63) is 52.7 Å². The second-order valence-corrected chi connectivity index (χ2v) is 5.73. The molecule has 0 radical (unpaired) electrons. The Morgan fingerprint density at radius 3 is 2.65 bits per heavy atom. The van der Waals surface area contributed by atoms with Crippen molar-refractivity contribution in [1.82, 2.24) is 0 Å². The van der Waals surface area contributed by atoms with Gasteiger partial charge in [0.2, 0.25) is 0 Å². The first-order valence-electron chi connectivity index (χ1n) is 5.92. The molecule has 100 valence electrons. The molecular weight excluding hydrogens is 296 g/mol. The first kappa shape index (κ1) is 13.1. The molecule has 5 heteroatoms. The van der Waals surface area contributed by atoms with E-state index in [9.17, 15) is 9.59 Å². The third kappa shape index (κ3) is 2.40. The van der Waals surface area contributed by atoms with Crippen LogP contribution in [0.2, 0.25) is 0 Å². The van der Waals surface area contributed by atoms with E-state index in [1.807, 2.05) is 30.3 Å². The Morgan fingerprint density at radius 2 is 1.85 bits per heavy atom. The maximum atomic E-state index is 12.4. The number of carbonyl (C=O) groups is 1. The molecule has 0 unspecified atom stereocenters. The fourth-order valence-corrected chi connectivity index (χ4v) is 3.12. The van der Waals surface area contributed by atoms with Crippen molar-refractivity contribution < 1.29 is 9.53 Å². The minimum absolute atomic E-state index is 0.0306. The molecule has 0 N–H and O–H groups in total. The van der Waals surface area contributed by atoms with Gasteiger partial charge < -0.3 is 4.74 Å². The molecule has 0 atom stereocenters. The van der Waals surface area contributed by atoms with Crippen LogP contribution in [0.5, 0.6) is 5.75 Å². The highest BCUT2D eigenvalue weighted by molar-refractivity contribution is 7.24. The predicted octanol–water partition coefficient (Wildman–Crippen LogP) is 3.56. The maximum absolute atomic E-state index is 12.4. The molecule has 3 rings (SSSR count). The highest BCUT2D eigenvalue weighted by atomic mass is 35.5. The van der Waals surface area contributed by atoms with E-state index in [4.69, 9.17) is 16.3 Å². The summed E-state index contributed by atoms with van der Waals surface area (Å²) in [5, 5.41) is 0.706. The topological polar surface area (TPSA) is 43.4 Å². The smallest absolute Gasteiger partial charge is 0.259 e. The van der Waals surface area contributed by atoms with Crippen LogP contribution in [0.3, 0.4) is 0 Å². The van der Waals surface area contributed by atoms with Crippen LogP contribution in [0.1, 0.15) is 0 Å². The van der Waals surface area contributed by atoms with Gasteiger partial charge >= 0.3 is 0 Å². The number of benzene rings is 2. The molecule has 20 heavy (non-hydrogen) atoms. The number of hydrogen-bond acceptors (Lipinski definition) is 4. The monoisotopic (exact) mass is 304 g/mol. The summed E-state index contributed by atoms with van der Waals surface area (Å²) in [6.07, 6.45) is 0. The van der Waals surface area contributed by atoms with Crippen molar-refractivity contribution >= 4 is 48.4 Å².